The van der Waals surface area contributed by atoms with E-state index in [1.165, 1.54) is 13.2 Å². The molecule has 0 aromatic heterocycles. The number of nitrogens with zero attached hydrogens (tertiary/aromatic N) is 1. The maximum atomic E-state index is 14.0. The summed E-state index contributed by atoms with van der Waals surface area (Å²) in [5.74, 6) is -0.934. The van der Waals surface area contributed by atoms with Crippen LogP contribution in [0.25, 0.3) is 0 Å². The number of methoxy groups -OCH3 is 1. The molecule has 0 saturated carbocycles. The van der Waals surface area contributed by atoms with Gasteiger partial charge in [-0.1, -0.05) is 23.7 Å². The molecule has 1 aliphatic rings. The largest absolute Gasteiger partial charge is 0.465 e. The van der Waals surface area contributed by atoms with Gasteiger partial charge in [0.2, 0.25) is 5.91 Å². The molecule has 1 heterocycles. The molecule has 0 bridgehead atoms. The predicted octanol–water partition coefficient (Wildman–Crippen LogP) is 4.42. The predicted molar refractivity (Wildman–Crippen MR) is 111 cm³/mol. The first-order chi connectivity index (χ1) is 13.9. The van der Waals surface area contributed by atoms with E-state index in [4.69, 9.17) is 16.3 Å². The molecule has 154 valence electrons. The number of rotatable bonds is 5. The Labute approximate surface area is 174 Å². The van der Waals surface area contributed by atoms with Crippen LogP contribution >= 0.6 is 11.6 Å². The van der Waals surface area contributed by atoms with Crippen molar-refractivity contribution in [3.05, 3.63) is 63.9 Å². The highest BCUT2D eigenvalue weighted by Gasteiger charge is 2.26. The third-order valence-electron chi connectivity index (χ3n) is 5.28. The number of aryl methyl sites for hydroxylation is 1. The van der Waals surface area contributed by atoms with Gasteiger partial charge in [0.05, 0.1) is 12.7 Å². The number of halogens is 2. The Morgan fingerprint density at radius 1 is 1.21 bits per heavy atom. The maximum absolute atomic E-state index is 14.0. The third kappa shape index (κ3) is 5.34. The summed E-state index contributed by atoms with van der Waals surface area (Å²) in [6.07, 6.45) is 1.38. The zero-order chi connectivity index (χ0) is 21.0. The van der Waals surface area contributed by atoms with Gasteiger partial charge in [0.25, 0.3) is 0 Å². The molecule has 0 atom stereocenters. The van der Waals surface area contributed by atoms with Gasteiger partial charge in [-0.25, -0.2) is 9.18 Å². The standard InChI is InChI=1S/C22H24ClFN2O3/c1-14-3-4-16(22(28)29-2)11-20(14)25-21(27)15-7-9-26(10-8-15)13-17-5-6-18(23)12-19(17)24/h3-6,11-12,15H,7-10,13H2,1-2H3,(H,25,27). The molecule has 1 fully saturated rings. The highest BCUT2D eigenvalue weighted by atomic mass is 35.5. The minimum absolute atomic E-state index is 0.0626. The van der Waals surface area contributed by atoms with E-state index in [1.807, 2.05) is 6.92 Å². The Hall–Kier alpha value is -2.44. The van der Waals surface area contributed by atoms with Crippen molar-refractivity contribution in [2.75, 3.05) is 25.5 Å². The number of esters is 1. The van der Waals surface area contributed by atoms with Gasteiger partial charge in [-0.05, 0) is 62.7 Å². The summed E-state index contributed by atoms with van der Waals surface area (Å²) in [7, 11) is 1.32. The quantitative estimate of drug-likeness (QED) is 0.730. The molecular weight excluding hydrogens is 395 g/mol. The Bertz CT molecular complexity index is 911. The van der Waals surface area contributed by atoms with Gasteiger partial charge in [-0.2, -0.15) is 0 Å². The number of nitrogens with one attached hydrogen (secondary N) is 1. The number of hydrogen-bond acceptors (Lipinski definition) is 4. The molecule has 1 saturated heterocycles. The molecule has 2 aromatic rings. The van der Waals surface area contributed by atoms with E-state index in [1.54, 1.807) is 30.3 Å². The first kappa shape index (κ1) is 21.3. The normalized spacial score (nSPS) is 15.2. The molecule has 1 amide bonds. The van der Waals surface area contributed by atoms with Gasteiger partial charge < -0.3 is 10.1 Å². The van der Waals surface area contributed by atoms with E-state index in [2.05, 4.69) is 10.2 Å². The van der Waals surface area contributed by atoms with Crippen LogP contribution in [0.2, 0.25) is 5.02 Å². The second-order valence-corrected chi connectivity index (χ2v) is 7.73. The Kier molecular flexibility index (Phi) is 6.87. The van der Waals surface area contributed by atoms with Crippen molar-refractivity contribution in [3.63, 3.8) is 0 Å². The molecule has 1 N–H and O–H groups in total. The summed E-state index contributed by atoms with van der Waals surface area (Å²) >= 11 is 5.80. The number of benzene rings is 2. The van der Waals surface area contributed by atoms with Gasteiger partial charge in [0.1, 0.15) is 5.82 Å². The second-order valence-electron chi connectivity index (χ2n) is 7.30. The smallest absolute Gasteiger partial charge is 0.337 e. The number of amides is 1. The molecule has 29 heavy (non-hydrogen) atoms. The van der Waals surface area contributed by atoms with E-state index >= 15 is 0 Å². The number of ether oxygens (including phenoxy) is 1. The van der Waals surface area contributed by atoms with Gasteiger partial charge >= 0.3 is 5.97 Å². The van der Waals surface area contributed by atoms with E-state index in [9.17, 15) is 14.0 Å². The van der Waals surface area contributed by atoms with Crippen molar-refractivity contribution in [2.24, 2.45) is 5.92 Å². The van der Waals surface area contributed by atoms with Crippen molar-refractivity contribution in [1.82, 2.24) is 4.90 Å². The zero-order valence-electron chi connectivity index (χ0n) is 16.5. The lowest BCUT2D eigenvalue weighted by Gasteiger charge is -2.31. The summed E-state index contributed by atoms with van der Waals surface area (Å²) in [6.45, 7) is 3.79. The van der Waals surface area contributed by atoms with Gasteiger partial charge in [-0.3, -0.25) is 9.69 Å². The molecule has 0 radical (unpaired) electrons. The molecule has 3 rings (SSSR count). The van der Waals surface area contributed by atoms with Crippen molar-refractivity contribution < 1.29 is 18.7 Å². The van der Waals surface area contributed by atoms with E-state index < -0.39 is 5.97 Å². The Morgan fingerprint density at radius 3 is 2.59 bits per heavy atom. The Balaban J connectivity index is 1.57. The second kappa shape index (κ2) is 9.37. The van der Waals surface area contributed by atoms with E-state index in [-0.39, 0.29) is 17.6 Å². The molecule has 1 aliphatic heterocycles. The lowest BCUT2D eigenvalue weighted by atomic mass is 9.95. The average molecular weight is 419 g/mol. The molecule has 0 aliphatic carbocycles. The molecule has 5 nitrogen and oxygen atoms in total. The van der Waals surface area contributed by atoms with Crippen LogP contribution < -0.4 is 5.32 Å². The minimum atomic E-state index is -0.441. The van der Waals surface area contributed by atoms with Crippen LogP contribution in [0, 0.1) is 18.7 Å². The lowest BCUT2D eigenvalue weighted by molar-refractivity contribution is -0.121. The number of likely N-dealkylation sites (tertiary alicyclic amines) is 1. The van der Waals surface area contributed by atoms with Crippen LogP contribution in [-0.4, -0.2) is 37.0 Å². The van der Waals surface area contributed by atoms with Gasteiger partial charge in [0, 0.05) is 28.7 Å². The van der Waals surface area contributed by atoms with Crippen molar-refractivity contribution in [1.29, 1.82) is 0 Å². The summed E-state index contributed by atoms with van der Waals surface area (Å²) in [5.41, 5.74) is 2.49. The number of hydrogen-bond donors (Lipinski definition) is 1. The Morgan fingerprint density at radius 2 is 1.93 bits per heavy atom. The molecule has 0 spiro atoms. The lowest BCUT2D eigenvalue weighted by Crippen LogP contribution is -2.38. The highest BCUT2D eigenvalue weighted by Crippen LogP contribution is 2.24. The van der Waals surface area contributed by atoms with Crippen molar-refractivity contribution in [2.45, 2.75) is 26.3 Å². The molecule has 7 heteroatoms. The number of anilines is 1. The fourth-order valence-corrected chi connectivity index (χ4v) is 3.64. The van der Waals surface area contributed by atoms with Crippen molar-refractivity contribution in [3.8, 4) is 0 Å². The van der Waals surface area contributed by atoms with Gasteiger partial charge in [-0.15, -0.1) is 0 Å². The average Bonchev–Trinajstić information content (AvgIpc) is 2.71. The number of piperidine rings is 1. The van der Waals surface area contributed by atoms with E-state index in [0.29, 0.717) is 54.3 Å². The topological polar surface area (TPSA) is 58.6 Å². The monoisotopic (exact) mass is 418 g/mol. The summed E-state index contributed by atoms with van der Waals surface area (Å²) < 4.78 is 18.7. The SMILES string of the molecule is COC(=O)c1ccc(C)c(NC(=O)C2CCN(Cc3ccc(Cl)cc3F)CC2)c1. The van der Waals surface area contributed by atoms with Crippen LogP contribution in [0.1, 0.15) is 34.3 Å². The van der Waals surface area contributed by atoms with Crippen LogP contribution in [0.4, 0.5) is 10.1 Å². The fraction of sp³-hybridized carbons (Fsp3) is 0.364. The highest BCUT2D eigenvalue weighted by molar-refractivity contribution is 6.30. The fourth-order valence-electron chi connectivity index (χ4n) is 3.48. The van der Waals surface area contributed by atoms with Gasteiger partial charge in [0.15, 0.2) is 0 Å². The van der Waals surface area contributed by atoms with Crippen LogP contribution in [-0.2, 0) is 16.1 Å². The molecule has 2 aromatic carbocycles. The summed E-state index contributed by atoms with van der Waals surface area (Å²) in [6, 6.07) is 9.80. The van der Waals surface area contributed by atoms with Crippen LogP contribution in [0.3, 0.4) is 0 Å². The van der Waals surface area contributed by atoms with Crippen LogP contribution in [0.15, 0.2) is 36.4 Å². The van der Waals surface area contributed by atoms with Crippen LogP contribution in [0.5, 0.6) is 0 Å². The number of carbonyl (C=O) groups is 2. The maximum Gasteiger partial charge on any atom is 0.337 e. The van der Waals surface area contributed by atoms with Crippen molar-refractivity contribution >= 4 is 29.2 Å². The molecular formula is C22H24ClFN2O3. The first-order valence-electron chi connectivity index (χ1n) is 9.53. The minimum Gasteiger partial charge on any atom is -0.465 e. The third-order valence-corrected chi connectivity index (χ3v) is 5.52. The summed E-state index contributed by atoms with van der Waals surface area (Å²) in [5, 5.41) is 3.32. The molecule has 0 unspecified atom stereocenters. The first-order valence-corrected chi connectivity index (χ1v) is 9.91. The van der Waals surface area contributed by atoms with E-state index in [0.717, 1.165) is 5.56 Å². The number of carbonyl (C=O) groups excluding carboxylic acids is 2. The zero-order valence-corrected chi connectivity index (χ0v) is 17.3. The summed E-state index contributed by atoms with van der Waals surface area (Å²) in [4.78, 5) is 26.6.